The van der Waals surface area contributed by atoms with Gasteiger partial charge in [-0.1, -0.05) is 23.5 Å². The summed E-state index contributed by atoms with van der Waals surface area (Å²) in [6, 6.07) is 7.69. The average Bonchev–Trinajstić information content (AvgIpc) is 3.25. The van der Waals surface area contributed by atoms with E-state index in [9.17, 15) is 9.59 Å². The fourth-order valence-electron chi connectivity index (χ4n) is 1.97. The fourth-order valence-corrected chi connectivity index (χ4v) is 3.00. The third kappa shape index (κ3) is 2.51. The van der Waals surface area contributed by atoms with Gasteiger partial charge in [0.25, 0.3) is 5.91 Å². The number of rotatable bonds is 3. The van der Waals surface area contributed by atoms with Crippen molar-refractivity contribution in [2.75, 3.05) is 7.11 Å². The van der Waals surface area contributed by atoms with E-state index >= 15 is 0 Å². The van der Waals surface area contributed by atoms with Crippen molar-refractivity contribution in [2.45, 2.75) is 19.4 Å². The highest BCUT2D eigenvalue weighted by Crippen LogP contribution is 2.30. The van der Waals surface area contributed by atoms with Crippen molar-refractivity contribution >= 4 is 33.4 Å². The predicted molar refractivity (Wildman–Crippen MR) is 75.1 cm³/mol. The summed E-state index contributed by atoms with van der Waals surface area (Å²) < 4.78 is 7.45. The van der Waals surface area contributed by atoms with Crippen LogP contribution in [0.25, 0.3) is 10.2 Å². The topological polar surface area (TPSA) is 60.7 Å². The number of amides is 1. The SMILES string of the molecule is COC(=O)Cn1c(=NC(=O)C2CC2)sc2ccccc21. The number of hydrogen-bond donors (Lipinski definition) is 0. The van der Waals surface area contributed by atoms with Gasteiger partial charge in [-0.3, -0.25) is 9.59 Å². The highest BCUT2D eigenvalue weighted by Gasteiger charge is 2.29. The molecular weight excluding hydrogens is 276 g/mol. The third-order valence-corrected chi connectivity index (χ3v) is 4.29. The number of fused-ring (bicyclic) bond motifs is 1. The van der Waals surface area contributed by atoms with Gasteiger partial charge in [0.1, 0.15) is 6.54 Å². The monoisotopic (exact) mass is 290 g/mol. The maximum absolute atomic E-state index is 11.9. The Bertz CT molecular complexity index is 740. The zero-order valence-corrected chi connectivity index (χ0v) is 11.9. The Hall–Kier alpha value is -1.95. The lowest BCUT2D eigenvalue weighted by Gasteiger charge is -2.03. The number of carbonyl (C=O) groups is 2. The summed E-state index contributed by atoms with van der Waals surface area (Å²) in [4.78, 5) is 28.2. The van der Waals surface area contributed by atoms with E-state index in [0.717, 1.165) is 23.1 Å². The van der Waals surface area contributed by atoms with E-state index in [2.05, 4.69) is 4.99 Å². The van der Waals surface area contributed by atoms with Crippen LogP contribution in [0.3, 0.4) is 0 Å². The molecule has 1 aliphatic carbocycles. The van der Waals surface area contributed by atoms with Crippen LogP contribution in [0.15, 0.2) is 29.3 Å². The predicted octanol–water partition coefficient (Wildman–Crippen LogP) is 1.71. The molecule has 6 heteroatoms. The summed E-state index contributed by atoms with van der Waals surface area (Å²) in [5.74, 6) is -0.365. The maximum Gasteiger partial charge on any atom is 0.325 e. The summed E-state index contributed by atoms with van der Waals surface area (Å²) in [6.45, 7) is 0.0668. The van der Waals surface area contributed by atoms with Gasteiger partial charge in [0, 0.05) is 5.92 Å². The minimum Gasteiger partial charge on any atom is -0.468 e. The molecule has 0 spiro atoms. The minimum absolute atomic E-state index is 0.0668. The summed E-state index contributed by atoms with van der Waals surface area (Å²) in [7, 11) is 1.35. The third-order valence-electron chi connectivity index (χ3n) is 3.24. The highest BCUT2D eigenvalue weighted by molar-refractivity contribution is 7.16. The number of carbonyl (C=O) groups excluding carboxylic acids is 2. The Morgan fingerprint density at radius 3 is 2.85 bits per heavy atom. The van der Waals surface area contributed by atoms with Gasteiger partial charge in [0.05, 0.1) is 17.3 Å². The molecule has 0 aliphatic heterocycles. The number of methoxy groups -OCH3 is 1. The number of aromatic nitrogens is 1. The van der Waals surface area contributed by atoms with Gasteiger partial charge >= 0.3 is 5.97 Å². The number of para-hydroxylation sites is 1. The molecule has 0 radical (unpaired) electrons. The first-order valence-electron chi connectivity index (χ1n) is 6.43. The molecule has 1 aromatic carbocycles. The summed E-state index contributed by atoms with van der Waals surface area (Å²) >= 11 is 1.42. The van der Waals surface area contributed by atoms with Crippen molar-refractivity contribution in [1.82, 2.24) is 4.57 Å². The second kappa shape index (κ2) is 5.20. The van der Waals surface area contributed by atoms with Gasteiger partial charge < -0.3 is 9.30 Å². The van der Waals surface area contributed by atoms with Crippen LogP contribution in [0.5, 0.6) is 0 Å². The van der Waals surface area contributed by atoms with E-state index in [0.29, 0.717) is 4.80 Å². The summed E-state index contributed by atoms with van der Waals surface area (Å²) in [6.07, 6.45) is 1.84. The van der Waals surface area contributed by atoms with E-state index in [1.54, 1.807) is 4.57 Å². The molecule has 20 heavy (non-hydrogen) atoms. The minimum atomic E-state index is -0.353. The quantitative estimate of drug-likeness (QED) is 0.809. The van der Waals surface area contributed by atoms with E-state index in [4.69, 9.17) is 4.74 Å². The van der Waals surface area contributed by atoms with Crippen molar-refractivity contribution in [1.29, 1.82) is 0 Å². The molecule has 0 N–H and O–H groups in total. The van der Waals surface area contributed by atoms with Gasteiger partial charge in [-0.2, -0.15) is 4.99 Å². The second-order valence-corrected chi connectivity index (χ2v) is 5.75. The molecule has 0 bridgehead atoms. The Morgan fingerprint density at radius 2 is 2.15 bits per heavy atom. The molecule has 0 atom stereocenters. The smallest absolute Gasteiger partial charge is 0.325 e. The molecule has 1 aromatic heterocycles. The van der Waals surface area contributed by atoms with Gasteiger partial charge in [0.2, 0.25) is 0 Å². The molecule has 1 heterocycles. The molecule has 2 aromatic rings. The number of esters is 1. The van der Waals surface area contributed by atoms with Crippen molar-refractivity contribution in [3.8, 4) is 0 Å². The van der Waals surface area contributed by atoms with E-state index in [1.165, 1.54) is 18.4 Å². The van der Waals surface area contributed by atoms with Crippen molar-refractivity contribution in [2.24, 2.45) is 10.9 Å². The Morgan fingerprint density at radius 1 is 1.40 bits per heavy atom. The molecule has 1 saturated carbocycles. The molecule has 0 unspecified atom stereocenters. The van der Waals surface area contributed by atoms with Crippen LogP contribution in [0.1, 0.15) is 12.8 Å². The lowest BCUT2D eigenvalue weighted by atomic mass is 10.3. The normalized spacial score (nSPS) is 15.6. The number of hydrogen-bond acceptors (Lipinski definition) is 4. The molecule has 0 saturated heterocycles. The van der Waals surface area contributed by atoms with Crippen LogP contribution in [-0.2, 0) is 20.9 Å². The van der Waals surface area contributed by atoms with E-state index in [-0.39, 0.29) is 24.3 Å². The maximum atomic E-state index is 11.9. The molecule has 1 amide bonds. The highest BCUT2D eigenvalue weighted by atomic mass is 32.1. The van der Waals surface area contributed by atoms with Gasteiger partial charge in [-0.25, -0.2) is 0 Å². The van der Waals surface area contributed by atoms with Crippen LogP contribution >= 0.6 is 11.3 Å². The second-order valence-electron chi connectivity index (χ2n) is 4.74. The Balaban J connectivity index is 2.11. The number of thiazole rings is 1. The number of nitrogens with zero attached hydrogens (tertiary/aromatic N) is 2. The van der Waals surface area contributed by atoms with E-state index in [1.807, 2.05) is 24.3 Å². The summed E-state index contributed by atoms with van der Waals surface area (Å²) in [5.41, 5.74) is 0.894. The van der Waals surface area contributed by atoms with Gasteiger partial charge in [0.15, 0.2) is 4.80 Å². The number of benzene rings is 1. The van der Waals surface area contributed by atoms with Crippen LogP contribution in [0, 0.1) is 5.92 Å². The molecule has 5 nitrogen and oxygen atoms in total. The molecule has 1 fully saturated rings. The summed E-state index contributed by atoms with van der Waals surface area (Å²) in [5, 5.41) is 0. The molecule has 3 rings (SSSR count). The lowest BCUT2D eigenvalue weighted by Crippen LogP contribution is -2.22. The average molecular weight is 290 g/mol. The van der Waals surface area contributed by atoms with Gasteiger partial charge in [-0.15, -0.1) is 0 Å². The van der Waals surface area contributed by atoms with Crippen molar-refractivity contribution in [3.63, 3.8) is 0 Å². The lowest BCUT2D eigenvalue weighted by molar-refractivity contribution is -0.141. The number of ether oxygens (including phenoxy) is 1. The van der Waals surface area contributed by atoms with Crippen LogP contribution < -0.4 is 4.80 Å². The fraction of sp³-hybridized carbons (Fsp3) is 0.357. The molecular formula is C14H14N2O3S. The zero-order valence-electron chi connectivity index (χ0n) is 11.0. The van der Waals surface area contributed by atoms with Crippen molar-refractivity contribution < 1.29 is 14.3 Å². The Labute approximate surface area is 119 Å². The van der Waals surface area contributed by atoms with Gasteiger partial charge in [-0.05, 0) is 25.0 Å². The first-order valence-corrected chi connectivity index (χ1v) is 7.24. The first kappa shape index (κ1) is 13.1. The van der Waals surface area contributed by atoms with Crippen LogP contribution in [-0.4, -0.2) is 23.6 Å². The van der Waals surface area contributed by atoms with Crippen molar-refractivity contribution in [3.05, 3.63) is 29.1 Å². The van der Waals surface area contributed by atoms with Crippen LogP contribution in [0.2, 0.25) is 0 Å². The molecule has 104 valence electrons. The van der Waals surface area contributed by atoms with Crippen LogP contribution in [0.4, 0.5) is 0 Å². The standard InChI is InChI=1S/C14H14N2O3S/c1-19-12(17)8-16-10-4-2-3-5-11(10)20-14(16)15-13(18)9-6-7-9/h2-5,9H,6-8H2,1H3. The molecule has 1 aliphatic rings. The Kier molecular flexibility index (Phi) is 3.40. The zero-order chi connectivity index (χ0) is 14.1. The van der Waals surface area contributed by atoms with E-state index < -0.39 is 0 Å². The largest absolute Gasteiger partial charge is 0.468 e. The first-order chi connectivity index (χ1) is 9.69.